The van der Waals surface area contributed by atoms with Crippen molar-refractivity contribution in [2.45, 2.75) is 43.7 Å². The molecule has 2 saturated heterocycles. The van der Waals surface area contributed by atoms with Gasteiger partial charge in [0.1, 0.15) is 5.60 Å². The van der Waals surface area contributed by atoms with Gasteiger partial charge in [0.2, 0.25) is 5.91 Å². The van der Waals surface area contributed by atoms with Crippen LogP contribution in [-0.4, -0.2) is 35.7 Å². The summed E-state index contributed by atoms with van der Waals surface area (Å²) in [5, 5.41) is 4.97. The molecule has 2 heterocycles. The van der Waals surface area contributed by atoms with Crippen LogP contribution in [0.4, 0.5) is 0 Å². The van der Waals surface area contributed by atoms with Gasteiger partial charge in [-0.1, -0.05) is 0 Å². The molecule has 4 nitrogen and oxygen atoms in total. The molecule has 0 atom stereocenters. The largest absolute Gasteiger partial charge is 0.317 e. The Morgan fingerprint density at radius 3 is 2.64 bits per heavy atom. The van der Waals surface area contributed by atoms with E-state index in [1.807, 2.05) is 0 Å². The van der Waals surface area contributed by atoms with Crippen LogP contribution in [0.2, 0.25) is 0 Å². The van der Waals surface area contributed by atoms with Crippen molar-refractivity contribution in [2.75, 3.05) is 13.1 Å². The average Bonchev–Trinajstić information content (AvgIpc) is 2.86. The minimum absolute atomic E-state index is 0.0536. The smallest absolute Gasteiger partial charge is 0.249 e. The van der Waals surface area contributed by atoms with Crippen LogP contribution in [0.5, 0.6) is 0 Å². The molecule has 0 aromatic carbocycles. The Labute approximate surface area is 83.5 Å². The van der Waals surface area contributed by atoms with Crippen LogP contribution in [0.3, 0.4) is 0 Å². The number of amides is 1. The summed E-state index contributed by atoms with van der Waals surface area (Å²) >= 11 is 0. The number of rotatable bonds is 1. The first-order valence-corrected chi connectivity index (χ1v) is 5.51. The Morgan fingerprint density at radius 1 is 1.36 bits per heavy atom. The highest BCUT2D eigenvalue weighted by molar-refractivity contribution is 5.79. The van der Waals surface area contributed by atoms with Crippen molar-refractivity contribution in [1.29, 1.82) is 0 Å². The summed E-state index contributed by atoms with van der Waals surface area (Å²) in [6.45, 7) is 2.01. The van der Waals surface area contributed by atoms with Crippen molar-refractivity contribution in [3.05, 3.63) is 0 Å². The van der Waals surface area contributed by atoms with E-state index in [4.69, 9.17) is 4.84 Å². The van der Waals surface area contributed by atoms with Crippen LogP contribution in [0.1, 0.15) is 32.1 Å². The minimum Gasteiger partial charge on any atom is -0.317 e. The number of carbonyl (C=O) groups excluding carboxylic acids is 1. The second kappa shape index (κ2) is 2.94. The first kappa shape index (κ1) is 8.68. The van der Waals surface area contributed by atoms with E-state index >= 15 is 0 Å². The topological polar surface area (TPSA) is 41.6 Å². The third kappa shape index (κ3) is 1.33. The molecule has 1 aliphatic carbocycles. The molecule has 0 radical (unpaired) electrons. The van der Waals surface area contributed by atoms with E-state index < -0.39 is 0 Å². The number of nitrogens with one attached hydrogen (secondary N) is 1. The summed E-state index contributed by atoms with van der Waals surface area (Å²) in [5.41, 5.74) is -0.0536. The van der Waals surface area contributed by atoms with Crippen LogP contribution < -0.4 is 5.32 Å². The maximum atomic E-state index is 11.7. The van der Waals surface area contributed by atoms with Crippen molar-refractivity contribution in [3.63, 3.8) is 0 Å². The SMILES string of the molecule is O=C1CC2(CC2)ON1C1CCNCC1. The van der Waals surface area contributed by atoms with E-state index in [1.165, 1.54) is 0 Å². The molecule has 0 unspecified atom stereocenters. The van der Waals surface area contributed by atoms with E-state index in [-0.39, 0.29) is 11.5 Å². The second-order valence-corrected chi connectivity index (χ2v) is 4.65. The zero-order valence-electron chi connectivity index (χ0n) is 8.29. The number of piperidine rings is 1. The number of nitrogens with zero attached hydrogens (tertiary/aromatic N) is 1. The third-order valence-corrected chi connectivity index (χ3v) is 3.46. The summed E-state index contributed by atoms with van der Waals surface area (Å²) in [6.07, 6.45) is 4.82. The van der Waals surface area contributed by atoms with E-state index in [1.54, 1.807) is 5.06 Å². The van der Waals surface area contributed by atoms with Gasteiger partial charge in [0.05, 0.1) is 12.5 Å². The fourth-order valence-electron chi connectivity index (χ4n) is 2.37. The molecule has 3 fully saturated rings. The lowest BCUT2D eigenvalue weighted by atomic mass is 10.1. The van der Waals surface area contributed by atoms with E-state index in [0.717, 1.165) is 38.8 Å². The van der Waals surface area contributed by atoms with Crippen molar-refractivity contribution in [2.24, 2.45) is 0 Å². The first-order valence-electron chi connectivity index (χ1n) is 5.51. The Hall–Kier alpha value is -0.610. The molecular formula is C10H16N2O2. The maximum absolute atomic E-state index is 11.7. The number of hydroxylamine groups is 2. The standard InChI is InChI=1S/C10H16N2O2/c13-9-7-10(3-4-10)14-12(9)8-1-5-11-6-2-8/h8,11H,1-7H2. The zero-order chi connectivity index (χ0) is 9.60. The van der Waals surface area contributed by atoms with Gasteiger partial charge in [-0.25, -0.2) is 5.06 Å². The molecular weight excluding hydrogens is 180 g/mol. The highest BCUT2D eigenvalue weighted by atomic mass is 16.7. The van der Waals surface area contributed by atoms with Gasteiger partial charge in [-0.2, -0.15) is 0 Å². The van der Waals surface area contributed by atoms with Crippen molar-refractivity contribution < 1.29 is 9.63 Å². The fraction of sp³-hybridized carbons (Fsp3) is 0.900. The highest BCUT2D eigenvalue weighted by Gasteiger charge is 2.55. The van der Waals surface area contributed by atoms with Gasteiger partial charge in [0.25, 0.3) is 0 Å². The lowest BCUT2D eigenvalue weighted by Gasteiger charge is -2.30. The second-order valence-electron chi connectivity index (χ2n) is 4.65. The molecule has 0 aromatic heterocycles. The molecule has 0 bridgehead atoms. The number of hydrogen-bond donors (Lipinski definition) is 1. The van der Waals surface area contributed by atoms with Gasteiger partial charge >= 0.3 is 0 Å². The van der Waals surface area contributed by atoms with Gasteiger partial charge in [0, 0.05) is 0 Å². The van der Waals surface area contributed by atoms with Crippen molar-refractivity contribution in [3.8, 4) is 0 Å². The Kier molecular flexibility index (Phi) is 1.82. The predicted molar refractivity (Wildman–Crippen MR) is 50.4 cm³/mol. The summed E-state index contributed by atoms with van der Waals surface area (Å²) in [6, 6.07) is 0.323. The number of carbonyl (C=O) groups is 1. The van der Waals surface area contributed by atoms with E-state index in [9.17, 15) is 4.79 Å². The fourth-order valence-corrected chi connectivity index (χ4v) is 2.37. The van der Waals surface area contributed by atoms with Crippen LogP contribution >= 0.6 is 0 Å². The van der Waals surface area contributed by atoms with Crippen molar-refractivity contribution in [1.82, 2.24) is 10.4 Å². The van der Waals surface area contributed by atoms with Gasteiger partial charge < -0.3 is 5.32 Å². The molecule has 1 spiro atoms. The minimum atomic E-state index is -0.0536. The maximum Gasteiger partial charge on any atom is 0.249 e. The molecule has 3 rings (SSSR count). The lowest BCUT2D eigenvalue weighted by Crippen LogP contribution is -2.43. The monoisotopic (exact) mass is 196 g/mol. The average molecular weight is 196 g/mol. The Morgan fingerprint density at radius 2 is 2.07 bits per heavy atom. The molecule has 2 aliphatic heterocycles. The quantitative estimate of drug-likeness (QED) is 0.661. The van der Waals surface area contributed by atoms with Gasteiger partial charge in [-0.05, 0) is 38.8 Å². The van der Waals surface area contributed by atoms with Crippen molar-refractivity contribution >= 4 is 5.91 Å². The van der Waals surface area contributed by atoms with E-state index in [0.29, 0.717) is 12.5 Å². The lowest BCUT2D eigenvalue weighted by molar-refractivity contribution is -0.196. The molecule has 0 aromatic rings. The molecule has 3 aliphatic rings. The number of hydrogen-bond acceptors (Lipinski definition) is 3. The van der Waals surface area contributed by atoms with E-state index in [2.05, 4.69) is 5.32 Å². The summed E-state index contributed by atoms with van der Waals surface area (Å²) in [7, 11) is 0. The molecule has 1 amide bonds. The van der Waals surface area contributed by atoms with Gasteiger partial charge in [-0.3, -0.25) is 9.63 Å². The normalized spacial score (nSPS) is 31.4. The highest BCUT2D eigenvalue weighted by Crippen LogP contribution is 2.48. The van der Waals surface area contributed by atoms with Crippen LogP contribution in [0, 0.1) is 0 Å². The molecule has 14 heavy (non-hydrogen) atoms. The van der Waals surface area contributed by atoms with Gasteiger partial charge in [-0.15, -0.1) is 0 Å². The summed E-state index contributed by atoms with van der Waals surface area (Å²) in [5.74, 6) is 0.203. The van der Waals surface area contributed by atoms with Crippen LogP contribution in [-0.2, 0) is 9.63 Å². The zero-order valence-corrected chi connectivity index (χ0v) is 8.29. The summed E-state index contributed by atoms with van der Waals surface area (Å²) < 4.78 is 0. The van der Waals surface area contributed by atoms with Crippen LogP contribution in [0.25, 0.3) is 0 Å². The molecule has 1 N–H and O–H groups in total. The summed E-state index contributed by atoms with van der Waals surface area (Å²) in [4.78, 5) is 17.5. The Bertz CT molecular complexity index is 257. The molecule has 78 valence electrons. The van der Waals surface area contributed by atoms with Crippen LogP contribution in [0.15, 0.2) is 0 Å². The first-order chi connectivity index (χ1) is 6.79. The Balaban J connectivity index is 1.69. The third-order valence-electron chi connectivity index (χ3n) is 3.46. The molecule has 4 heteroatoms. The predicted octanol–water partition coefficient (Wildman–Crippen LogP) is 0.435. The van der Waals surface area contributed by atoms with Gasteiger partial charge in [0.15, 0.2) is 0 Å². The molecule has 1 saturated carbocycles.